The predicted molar refractivity (Wildman–Crippen MR) is 86.3 cm³/mol. The van der Waals surface area contributed by atoms with Gasteiger partial charge < -0.3 is 9.26 Å². The number of nitrogens with zero attached hydrogens (tertiary/aromatic N) is 5. The number of pyridine rings is 1. The summed E-state index contributed by atoms with van der Waals surface area (Å²) in [5, 5.41) is 8.43. The first-order valence-corrected chi connectivity index (χ1v) is 8.09. The second-order valence-corrected chi connectivity index (χ2v) is 6.12. The first-order valence-electron chi connectivity index (χ1n) is 8.09. The van der Waals surface area contributed by atoms with Gasteiger partial charge in [0.2, 0.25) is 5.88 Å². The molecule has 0 saturated heterocycles. The van der Waals surface area contributed by atoms with Crippen molar-refractivity contribution in [2.45, 2.75) is 26.1 Å². The van der Waals surface area contributed by atoms with Crippen molar-refractivity contribution in [2.24, 2.45) is 0 Å². The van der Waals surface area contributed by atoms with Crippen LogP contribution >= 0.6 is 0 Å². The van der Waals surface area contributed by atoms with Crippen LogP contribution in [0.1, 0.15) is 23.2 Å². The Hall–Kier alpha value is -2.74. The Bertz CT molecular complexity index is 862. The van der Waals surface area contributed by atoms with E-state index >= 15 is 0 Å². The molecule has 0 N–H and O–H groups in total. The highest BCUT2D eigenvalue weighted by atomic mass is 19.1. The molecular formula is C17H18FN5O2. The van der Waals surface area contributed by atoms with Gasteiger partial charge in [-0.2, -0.15) is 5.10 Å². The molecule has 8 heteroatoms. The van der Waals surface area contributed by atoms with E-state index in [1.54, 1.807) is 6.20 Å². The Labute approximate surface area is 144 Å². The monoisotopic (exact) mass is 343 g/mol. The number of halogens is 1. The van der Waals surface area contributed by atoms with Gasteiger partial charge in [-0.25, -0.2) is 9.37 Å². The molecule has 1 aliphatic rings. The van der Waals surface area contributed by atoms with Gasteiger partial charge >= 0.3 is 0 Å². The third kappa shape index (κ3) is 3.39. The number of hydrogen-bond donors (Lipinski definition) is 0. The second kappa shape index (κ2) is 6.64. The normalized spacial score (nSPS) is 17.4. The van der Waals surface area contributed by atoms with Crippen molar-refractivity contribution in [3.05, 3.63) is 59.6 Å². The number of rotatable bonds is 5. The molecule has 0 spiro atoms. The fourth-order valence-corrected chi connectivity index (χ4v) is 3.08. The van der Waals surface area contributed by atoms with Crippen molar-refractivity contribution in [1.29, 1.82) is 0 Å². The molecule has 25 heavy (non-hydrogen) atoms. The lowest BCUT2D eigenvalue weighted by atomic mass is 10.2. The summed E-state index contributed by atoms with van der Waals surface area (Å²) in [5.74, 6) is 0.344. The van der Waals surface area contributed by atoms with Gasteiger partial charge in [0.05, 0.1) is 17.4 Å². The van der Waals surface area contributed by atoms with Gasteiger partial charge in [0.25, 0.3) is 0 Å². The zero-order valence-electron chi connectivity index (χ0n) is 13.8. The lowest BCUT2D eigenvalue weighted by molar-refractivity contribution is 0.121. The van der Waals surface area contributed by atoms with Crippen LogP contribution in [0.15, 0.2) is 41.2 Å². The average Bonchev–Trinajstić information content (AvgIpc) is 3.23. The lowest BCUT2D eigenvalue weighted by Gasteiger charge is -2.33. The first-order chi connectivity index (χ1) is 12.2. The summed E-state index contributed by atoms with van der Waals surface area (Å²) in [6, 6.07) is 6.75. The van der Waals surface area contributed by atoms with Crippen molar-refractivity contribution in [2.75, 3.05) is 13.2 Å². The summed E-state index contributed by atoms with van der Waals surface area (Å²) in [6.45, 7) is 4.32. The molecule has 0 unspecified atom stereocenters. The Balaban J connectivity index is 1.48. The molecule has 4 heterocycles. The standard InChI is InChI=1S/C17H18FN5O2/c1-12-7-13(21-25-12)8-22-9-14-4-6-20-23(14)15(10-22)11-24-17-16(18)3-2-5-19-17/h2-7,15H,8-11H2,1H3/t15-/m0/s1. The van der Waals surface area contributed by atoms with Crippen LogP contribution in [0.5, 0.6) is 5.88 Å². The Morgan fingerprint density at radius 2 is 2.28 bits per heavy atom. The summed E-state index contributed by atoms with van der Waals surface area (Å²) in [6.07, 6.45) is 3.28. The first kappa shape index (κ1) is 15.8. The maximum Gasteiger partial charge on any atom is 0.250 e. The summed E-state index contributed by atoms with van der Waals surface area (Å²) >= 11 is 0. The van der Waals surface area contributed by atoms with Crippen molar-refractivity contribution < 1.29 is 13.7 Å². The highest BCUT2D eigenvalue weighted by Gasteiger charge is 2.27. The topological polar surface area (TPSA) is 69.2 Å². The highest BCUT2D eigenvalue weighted by molar-refractivity contribution is 5.13. The van der Waals surface area contributed by atoms with Crippen LogP contribution < -0.4 is 4.74 Å². The van der Waals surface area contributed by atoms with Crippen LogP contribution in [0, 0.1) is 12.7 Å². The molecule has 7 nitrogen and oxygen atoms in total. The number of ether oxygens (including phenoxy) is 1. The molecule has 3 aromatic rings. The number of fused-ring (bicyclic) bond motifs is 1. The van der Waals surface area contributed by atoms with E-state index in [1.165, 1.54) is 18.3 Å². The summed E-state index contributed by atoms with van der Waals surface area (Å²) in [4.78, 5) is 6.18. The van der Waals surface area contributed by atoms with E-state index in [2.05, 4.69) is 20.1 Å². The lowest BCUT2D eigenvalue weighted by Crippen LogP contribution is -2.39. The van der Waals surface area contributed by atoms with Crippen molar-refractivity contribution in [3.63, 3.8) is 0 Å². The Morgan fingerprint density at radius 1 is 1.36 bits per heavy atom. The van der Waals surface area contributed by atoms with Gasteiger partial charge in [0.1, 0.15) is 12.4 Å². The molecule has 130 valence electrons. The Kier molecular flexibility index (Phi) is 4.19. The second-order valence-electron chi connectivity index (χ2n) is 6.12. The summed E-state index contributed by atoms with van der Waals surface area (Å²) in [7, 11) is 0. The smallest absolute Gasteiger partial charge is 0.250 e. The van der Waals surface area contributed by atoms with Crippen LogP contribution in [0.25, 0.3) is 0 Å². The van der Waals surface area contributed by atoms with Crippen molar-refractivity contribution in [3.8, 4) is 5.88 Å². The van der Waals surface area contributed by atoms with E-state index in [0.29, 0.717) is 6.54 Å². The predicted octanol–water partition coefficient (Wildman–Crippen LogP) is 2.35. The van der Waals surface area contributed by atoms with Crippen LogP contribution in [0.3, 0.4) is 0 Å². The molecule has 3 aromatic heterocycles. The minimum Gasteiger partial charge on any atom is -0.473 e. The molecule has 4 rings (SSSR count). The summed E-state index contributed by atoms with van der Waals surface area (Å²) in [5.41, 5.74) is 1.97. The van der Waals surface area contributed by atoms with E-state index in [1.807, 2.05) is 23.7 Å². The fraction of sp³-hybridized carbons (Fsp3) is 0.353. The molecule has 0 radical (unpaired) electrons. The summed E-state index contributed by atoms with van der Waals surface area (Å²) < 4.78 is 26.4. The largest absolute Gasteiger partial charge is 0.473 e. The molecule has 0 saturated carbocycles. The molecule has 1 aliphatic heterocycles. The van der Waals surface area contributed by atoms with Crippen molar-refractivity contribution in [1.82, 2.24) is 24.8 Å². The van der Waals surface area contributed by atoms with E-state index in [0.717, 1.165) is 30.2 Å². The van der Waals surface area contributed by atoms with E-state index in [-0.39, 0.29) is 18.5 Å². The van der Waals surface area contributed by atoms with Crippen LogP contribution in [-0.2, 0) is 13.1 Å². The van der Waals surface area contributed by atoms with Gasteiger partial charge in [-0.1, -0.05) is 5.16 Å². The fourth-order valence-electron chi connectivity index (χ4n) is 3.08. The molecular weight excluding hydrogens is 325 g/mol. The minimum absolute atomic E-state index is 0.0143. The number of hydrogen-bond acceptors (Lipinski definition) is 6. The zero-order valence-corrected chi connectivity index (χ0v) is 13.8. The highest BCUT2D eigenvalue weighted by Crippen LogP contribution is 2.23. The third-order valence-corrected chi connectivity index (χ3v) is 4.15. The molecule has 0 amide bonds. The maximum atomic E-state index is 13.7. The minimum atomic E-state index is -0.464. The molecule has 0 bridgehead atoms. The number of aryl methyl sites for hydroxylation is 1. The average molecular weight is 343 g/mol. The quantitative estimate of drug-likeness (QED) is 0.708. The maximum absolute atomic E-state index is 13.7. The number of aromatic nitrogens is 4. The van der Waals surface area contributed by atoms with Gasteiger partial charge in [0, 0.05) is 38.1 Å². The Morgan fingerprint density at radius 3 is 3.08 bits per heavy atom. The molecule has 0 fully saturated rings. The third-order valence-electron chi connectivity index (χ3n) is 4.15. The van der Waals surface area contributed by atoms with E-state index in [4.69, 9.17) is 9.26 Å². The van der Waals surface area contributed by atoms with E-state index < -0.39 is 5.82 Å². The van der Waals surface area contributed by atoms with Gasteiger partial charge in [-0.05, 0) is 25.1 Å². The van der Waals surface area contributed by atoms with Gasteiger partial charge in [-0.15, -0.1) is 0 Å². The zero-order chi connectivity index (χ0) is 17.2. The van der Waals surface area contributed by atoms with Crippen molar-refractivity contribution >= 4 is 0 Å². The molecule has 1 atom stereocenters. The van der Waals surface area contributed by atoms with Gasteiger partial charge in [0.15, 0.2) is 5.82 Å². The SMILES string of the molecule is Cc1cc(CN2Cc3ccnn3[C@H](COc3ncccc3F)C2)no1. The van der Waals surface area contributed by atoms with Crippen LogP contribution in [-0.4, -0.2) is 38.0 Å². The van der Waals surface area contributed by atoms with Crippen LogP contribution in [0.4, 0.5) is 4.39 Å². The van der Waals surface area contributed by atoms with Gasteiger partial charge in [-0.3, -0.25) is 9.58 Å². The van der Waals surface area contributed by atoms with Crippen LogP contribution in [0.2, 0.25) is 0 Å². The molecule has 0 aromatic carbocycles. The molecule has 0 aliphatic carbocycles. The van der Waals surface area contributed by atoms with E-state index in [9.17, 15) is 4.39 Å².